The van der Waals surface area contributed by atoms with Gasteiger partial charge in [-0.25, -0.2) is 4.39 Å². The van der Waals surface area contributed by atoms with Crippen LogP contribution in [0, 0.1) is 5.82 Å². The summed E-state index contributed by atoms with van der Waals surface area (Å²) in [4.78, 5) is 29.4. The molecule has 0 bridgehead atoms. The van der Waals surface area contributed by atoms with Crippen molar-refractivity contribution in [1.29, 1.82) is 0 Å². The zero-order valence-corrected chi connectivity index (χ0v) is 20.0. The molecule has 3 aliphatic rings. The van der Waals surface area contributed by atoms with E-state index in [0.29, 0.717) is 23.6 Å². The van der Waals surface area contributed by atoms with Crippen LogP contribution < -0.4 is 5.32 Å². The number of hydrogen-bond donors (Lipinski definition) is 1. The number of rotatable bonds is 2. The smallest absolute Gasteiger partial charge is 0.323 e. The van der Waals surface area contributed by atoms with E-state index >= 15 is 4.39 Å². The third-order valence-electron chi connectivity index (χ3n) is 8.06. The van der Waals surface area contributed by atoms with Gasteiger partial charge in [0.15, 0.2) is 0 Å². The Morgan fingerprint density at radius 3 is 2.61 bits per heavy atom. The van der Waals surface area contributed by atoms with Gasteiger partial charge in [-0.3, -0.25) is 14.5 Å². The lowest BCUT2D eigenvalue weighted by Crippen LogP contribution is -2.60. The number of carbonyl (C=O) groups excluding carboxylic acids is 2. The molecule has 2 fully saturated rings. The van der Waals surface area contributed by atoms with Gasteiger partial charge in [0.25, 0.3) is 0 Å². The SMILES string of the molecule is COC(=O)C1[C@H](c2cccc(Cl)c2F)C2(C(=O)Nc3cc(Cl)ccc32)C2(CCCCC2)N1C. The van der Waals surface area contributed by atoms with Gasteiger partial charge in [0.2, 0.25) is 5.91 Å². The molecular formula is C25H25Cl2FN2O3. The molecule has 8 heteroatoms. The molecule has 2 unspecified atom stereocenters. The number of amides is 1. The summed E-state index contributed by atoms with van der Waals surface area (Å²) in [6, 6.07) is 9.19. The first-order valence-corrected chi connectivity index (χ1v) is 11.9. The summed E-state index contributed by atoms with van der Waals surface area (Å²) in [5, 5.41) is 3.46. The molecule has 0 aromatic heterocycles. The normalized spacial score (nSPS) is 28.2. The van der Waals surface area contributed by atoms with Crippen LogP contribution in [0.1, 0.15) is 49.1 Å². The molecule has 1 amide bonds. The maximum Gasteiger partial charge on any atom is 0.323 e. The standard InChI is InChI=1S/C25H25Cl2FN2O3/c1-30-21(22(31)33-2)19(15-7-6-8-17(27)20(15)28)25(24(30)11-4-3-5-12-24)16-10-9-14(26)13-18(16)29-23(25)32/h6-10,13,19,21H,3-5,11-12H2,1-2H3,(H,29,32)/t19-,21?,25?/m0/s1. The van der Waals surface area contributed by atoms with Gasteiger partial charge in [-0.15, -0.1) is 0 Å². The number of benzene rings is 2. The second-order valence-corrected chi connectivity index (χ2v) is 10.1. The molecule has 174 valence electrons. The van der Waals surface area contributed by atoms with Crippen LogP contribution in [0.25, 0.3) is 0 Å². The third kappa shape index (κ3) is 2.87. The predicted octanol–water partition coefficient (Wildman–Crippen LogP) is 5.30. The van der Waals surface area contributed by atoms with Crippen LogP contribution in [0.5, 0.6) is 0 Å². The Labute approximate surface area is 202 Å². The van der Waals surface area contributed by atoms with Crippen LogP contribution in [-0.4, -0.2) is 42.5 Å². The lowest BCUT2D eigenvalue weighted by molar-refractivity contribution is -0.147. The summed E-state index contributed by atoms with van der Waals surface area (Å²) in [5.74, 6) is -2.20. The highest BCUT2D eigenvalue weighted by Crippen LogP contribution is 2.66. The van der Waals surface area contributed by atoms with Crippen LogP contribution in [0.4, 0.5) is 10.1 Å². The van der Waals surface area contributed by atoms with Crippen LogP contribution in [0.2, 0.25) is 10.0 Å². The first kappa shape index (κ1) is 22.6. The molecule has 3 atom stereocenters. The van der Waals surface area contributed by atoms with Gasteiger partial charge in [0.1, 0.15) is 17.3 Å². The molecule has 1 N–H and O–H groups in total. The maximum absolute atomic E-state index is 15.6. The number of anilines is 1. The molecule has 5 rings (SSSR count). The first-order chi connectivity index (χ1) is 15.8. The zero-order chi connectivity index (χ0) is 23.5. The summed E-state index contributed by atoms with van der Waals surface area (Å²) < 4.78 is 20.8. The monoisotopic (exact) mass is 490 g/mol. The van der Waals surface area contributed by atoms with Crippen LogP contribution >= 0.6 is 23.2 Å². The van der Waals surface area contributed by atoms with Crippen molar-refractivity contribution < 1.29 is 18.7 Å². The molecule has 33 heavy (non-hydrogen) atoms. The number of nitrogens with one attached hydrogen (secondary N) is 1. The van der Waals surface area contributed by atoms with Crippen molar-refractivity contribution in [2.75, 3.05) is 19.5 Å². The highest BCUT2D eigenvalue weighted by molar-refractivity contribution is 6.31. The summed E-state index contributed by atoms with van der Waals surface area (Å²) >= 11 is 12.5. The quantitative estimate of drug-likeness (QED) is 0.580. The van der Waals surface area contributed by atoms with Crippen LogP contribution in [0.15, 0.2) is 36.4 Å². The van der Waals surface area contributed by atoms with E-state index in [1.807, 2.05) is 18.0 Å². The van der Waals surface area contributed by atoms with E-state index in [0.717, 1.165) is 24.8 Å². The molecule has 1 aliphatic carbocycles. The molecule has 0 radical (unpaired) electrons. The number of likely N-dealkylation sites (N-methyl/N-ethyl adjacent to an activating group) is 1. The van der Waals surface area contributed by atoms with Crippen molar-refractivity contribution in [3.05, 3.63) is 63.4 Å². The molecule has 1 saturated heterocycles. The van der Waals surface area contributed by atoms with Crippen LogP contribution in [-0.2, 0) is 19.7 Å². The number of hydrogen-bond acceptors (Lipinski definition) is 4. The number of likely N-dealkylation sites (tertiary alicyclic amines) is 1. The number of halogens is 3. The van der Waals surface area contributed by atoms with Gasteiger partial charge >= 0.3 is 5.97 Å². The second-order valence-electron chi connectivity index (χ2n) is 9.24. The molecule has 1 saturated carbocycles. The predicted molar refractivity (Wildman–Crippen MR) is 125 cm³/mol. The van der Waals surface area contributed by atoms with Crippen LogP contribution in [0.3, 0.4) is 0 Å². The minimum absolute atomic E-state index is 0.0479. The lowest BCUT2D eigenvalue weighted by Gasteiger charge is -2.49. The fourth-order valence-corrected chi connectivity index (χ4v) is 7.19. The summed E-state index contributed by atoms with van der Waals surface area (Å²) in [7, 11) is 3.18. The minimum atomic E-state index is -1.22. The molecule has 2 aromatic carbocycles. The number of esters is 1. The van der Waals surface area contributed by atoms with Gasteiger partial charge in [-0.2, -0.15) is 0 Å². The topological polar surface area (TPSA) is 58.6 Å². The van der Waals surface area contributed by atoms with E-state index in [-0.39, 0.29) is 16.5 Å². The van der Waals surface area contributed by atoms with Gasteiger partial charge in [0.05, 0.1) is 12.1 Å². The van der Waals surface area contributed by atoms with Crippen molar-refractivity contribution in [2.45, 2.75) is 55.0 Å². The molecule has 2 aliphatic heterocycles. The van der Waals surface area contributed by atoms with E-state index in [2.05, 4.69) is 5.32 Å². The van der Waals surface area contributed by atoms with Gasteiger partial charge in [-0.1, -0.05) is 60.7 Å². The Bertz CT molecular complexity index is 1150. The van der Waals surface area contributed by atoms with Crippen molar-refractivity contribution in [3.8, 4) is 0 Å². The Kier molecular flexibility index (Phi) is 5.46. The zero-order valence-electron chi connectivity index (χ0n) is 18.5. The van der Waals surface area contributed by atoms with Gasteiger partial charge in [-0.05, 0) is 49.2 Å². The van der Waals surface area contributed by atoms with Crippen molar-refractivity contribution in [3.63, 3.8) is 0 Å². The average Bonchev–Trinajstić information content (AvgIpc) is 3.21. The van der Waals surface area contributed by atoms with E-state index in [4.69, 9.17) is 27.9 Å². The molecule has 2 heterocycles. The maximum atomic E-state index is 15.6. The van der Waals surface area contributed by atoms with E-state index in [1.54, 1.807) is 24.3 Å². The minimum Gasteiger partial charge on any atom is -0.468 e. The number of carbonyl (C=O) groups is 2. The molecule has 2 aromatic rings. The summed E-state index contributed by atoms with van der Waals surface area (Å²) in [5.41, 5.74) is -0.338. The Morgan fingerprint density at radius 2 is 1.91 bits per heavy atom. The fraction of sp³-hybridized carbons (Fsp3) is 0.440. The number of methoxy groups -OCH3 is 1. The number of nitrogens with zero attached hydrogens (tertiary/aromatic N) is 1. The van der Waals surface area contributed by atoms with Gasteiger partial charge in [0, 0.05) is 22.2 Å². The fourth-order valence-electron chi connectivity index (χ4n) is 6.83. The van der Waals surface area contributed by atoms with Crippen molar-refractivity contribution >= 4 is 40.8 Å². The van der Waals surface area contributed by atoms with Crippen molar-refractivity contribution in [1.82, 2.24) is 4.90 Å². The highest BCUT2D eigenvalue weighted by Gasteiger charge is 2.75. The van der Waals surface area contributed by atoms with Gasteiger partial charge < -0.3 is 10.1 Å². The highest BCUT2D eigenvalue weighted by atomic mass is 35.5. The largest absolute Gasteiger partial charge is 0.468 e. The van der Waals surface area contributed by atoms with E-state index < -0.39 is 34.7 Å². The molecule has 5 nitrogen and oxygen atoms in total. The molecular weight excluding hydrogens is 466 g/mol. The third-order valence-corrected chi connectivity index (χ3v) is 8.59. The number of ether oxygens (including phenoxy) is 1. The first-order valence-electron chi connectivity index (χ1n) is 11.2. The number of fused-ring (bicyclic) bond motifs is 3. The van der Waals surface area contributed by atoms with E-state index in [1.165, 1.54) is 13.2 Å². The van der Waals surface area contributed by atoms with Crippen molar-refractivity contribution in [2.24, 2.45) is 0 Å². The van der Waals surface area contributed by atoms with E-state index in [9.17, 15) is 9.59 Å². The Balaban J connectivity index is 1.89. The average molecular weight is 491 g/mol. The summed E-state index contributed by atoms with van der Waals surface area (Å²) in [6.45, 7) is 0. The summed E-state index contributed by atoms with van der Waals surface area (Å²) in [6.07, 6.45) is 4.25. The molecule has 2 spiro atoms. The Morgan fingerprint density at radius 1 is 1.18 bits per heavy atom. The second kappa shape index (κ2) is 7.97. The lowest BCUT2D eigenvalue weighted by atomic mass is 9.55. The Hall–Kier alpha value is -2.15.